The van der Waals surface area contributed by atoms with Gasteiger partial charge < -0.3 is 11.1 Å². The molecule has 0 aliphatic heterocycles. The number of para-hydroxylation sites is 1. The van der Waals surface area contributed by atoms with E-state index in [9.17, 15) is 10.1 Å². The maximum Gasteiger partial charge on any atom is 0.254 e. The number of hydrogen-bond donors (Lipinski definition) is 2. The van der Waals surface area contributed by atoms with Gasteiger partial charge in [-0.2, -0.15) is 10.4 Å². The van der Waals surface area contributed by atoms with Gasteiger partial charge in [-0.15, -0.1) is 0 Å². The van der Waals surface area contributed by atoms with Crippen molar-refractivity contribution in [3.8, 4) is 6.07 Å². The lowest BCUT2D eigenvalue weighted by atomic mass is 9.80. The fourth-order valence-corrected chi connectivity index (χ4v) is 3.29. The minimum absolute atomic E-state index is 0.0248. The van der Waals surface area contributed by atoms with Crippen LogP contribution in [0.3, 0.4) is 0 Å². The molecule has 1 amide bonds. The first-order valence-electron chi connectivity index (χ1n) is 8.19. The summed E-state index contributed by atoms with van der Waals surface area (Å²) in [6.45, 7) is 2.18. The van der Waals surface area contributed by atoms with E-state index in [-0.39, 0.29) is 12.0 Å². The lowest BCUT2D eigenvalue weighted by Gasteiger charge is -2.31. The minimum atomic E-state index is -0.531. The lowest BCUT2D eigenvalue weighted by molar-refractivity contribution is 0.100. The Morgan fingerprint density at radius 3 is 2.79 bits per heavy atom. The van der Waals surface area contributed by atoms with E-state index in [4.69, 9.17) is 5.73 Å². The quantitative estimate of drug-likeness (QED) is 0.902. The molecule has 1 aromatic carbocycles. The van der Waals surface area contributed by atoms with Crippen LogP contribution >= 0.6 is 0 Å². The highest BCUT2D eigenvalue weighted by Crippen LogP contribution is 2.37. The van der Waals surface area contributed by atoms with Crippen molar-refractivity contribution >= 4 is 17.4 Å². The summed E-state index contributed by atoms with van der Waals surface area (Å²) in [6, 6.07) is 11.9. The van der Waals surface area contributed by atoms with Gasteiger partial charge in [-0.05, 0) is 37.3 Å². The van der Waals surface area contributed by atoms with Gasteiger partial charge in [0.15, 0.2) is 5.82 Å². The number of nitrogens with zero attached hydrogens (tertiary/aromatic N) is 3. The highest BCUT2D eigenvalue weighted by atomic mass is 16.1. The predicted octanol–water partition coefficient (Wildman–Crippen LogP) is 3.23. The Morgan fingerprint density at radius 2 is 2.12 bits per heavy atom. The number of benzene rings is 1. The van der Waals surface area contributed by atoms with E-state index in [1.807, 2.05) is 30.3 Å². The highest BCUT2D eigenvalue weighted by Gasteiger charge is 2.31. The molecule has 1 aromatic heterocycles. The fourth-order valence-electron chi connectivity index (χ4n) is 3.29. The summed E-state index contributed by atoms with van der Waals surface area (Å²) in [5.41, 5.74) is 6.68. The van der Waals surface area contributed by atoms with E-state index in [2.05, 4.69) is 23.4 Å². The molecular formula is C18H21N5O. The summed E-state index contributed by atoms with van der Waals surface area (Å²) in [5, 5.41) is 17.1. The van der Waals surface area contributed by atoms with Gasteiger partial charge in [0, 0.05) is 11.9 Å². The largest absolute Gasteiger partial charge is 0.365 e. The molecule has 6 nitrogen and oxygen atoms in total. The summed E-state index contributed by atoms with van der Waals surface area (Å²) in [4.78, 5) is 11.8. The van der Waals surface area contributed by atoms with Gasteiger partial charge in [0.2, 0.25) is 0 Å². The Bertz CT molecular complexity index is 761. The number of nitriles is 1. The van der Waals surface area contributed by atoms with Crippen molar-refractivity contribution in [3.63, 3.8) is 0 Å². The number of carbonyl (C=O) groups is 1. The number of amides is 1. The molecule has 3 N–H and O–H groups in total. The van der Waals surface area contributed by atoms with E-state index >= 15 is 0 Å². The van der Waals surface area contributed by atoms with Crippen LogP contribution in [0.2, 0.25) is 0 Å². The third-order valence-electron chi connectivity index (χ3n) is 4.62. The number of aromatic nitrogens is 2. The second-order valence-corrected chi connectivity index (χ2v) is 6.45. The third-order valence-corrected chi connectivity index (χ3v) is 4.62. The third kappa shape index (κ3) is 3.25. The predicted molar refractivity (Wildman–Crippen MR) is 91.6 cm³/mol. The van der Waals surface area contributed by atoms with Crippen molar-refractivity contribution in [1.82, 2.24) is 9.78 Å². The molecule has 3 rings (SSSR count). The zero-order valence-electron chi connectivity index (χ0n) is 13.6. The van der Waals surface area contributed by atoms with Gasteiger partial charge in [-0.3, -0.25) is 9.48 Å². The molecule has 24 heavy (non-hydrogen) atoms. The lowest BCUT2D eigenvalue weighted by Crippen LogP contribution is -2.26. The van der Waals surface area contributed by atoms with Crippen LogP contribution in [-0.2, 0) is 0 Å². The smallest absolute Gasteiger partial charge is 0.254 e. The summed E-state index contributed by atoms with van der Waals surface area (Å²) in [7, 11) is 0. The summed E-state index contributed by atoms with van der Waals surface area (Å²) < 4.78 is 1.74. The Hall–Kier alpha value is -2.81. The minimum Gasteiger partial charge on any atom is -0.365 e. The Kier molecular flexibility index (Phi) is 4.52. The average Bonchev–Trinajstić information content (AvgIpc) is 2.99. The summed E-state index contributed by atoms with van der Waals surface area (Å²) >= 11 is 0. The Balaban J connectivity index is 1.93. The van der Waals surface area contributed by atoms with E-state index in [1.165, 1.54) is 0 Å². The van der Waals surface area contributed by atoms with E-state index < -0.39 is 5.91 Å². The number of hydrogen-bond acceptors (Lipinski definition) is 4. The van der Waals surface area contributed by atoms with Crippen molar-refractivity contribution in [2.45, 2.75) is 32.2 Å². The van der Waals surface area contributed by atoms with Gasteiger partial charge in [0.1, 0.15) is 5.56 Å². The van der Waals surface area contributed by atoms with Crippen LogP contribution in [0.5, 0.6) is 0 Å². The molecule has 0 radical (unpaired) electrons. The van der Waals surface area contributed by atoms with E-state index in [0.29, 0.717) is 17.3 Å². The number of rotatable bonds is 4. The molecule has 3 atom stereocenters. The van der Waals surface area contributed by atoms with Crippen molar-refractivity contribution < 1.29 is 4.79 Å². The van der Waals surface area contributed by atoms with Crippen LogP contribution in [0, 0.1) is 23.2 Å². The number of anilines is 2. The molecule has 1 saturated carbocycles. The maximum atomic E-state index is 11.8. The van der Waals surface area contributed by atoms with Gasteiger partial charge in [-0.25, -0.2) is 0 Å². The Labute approximate surface area is 141 Å². The summed E-state index contributed by atoms with van der Waals surface area (Å²) in [5.74, 6) is 0.346. The molecule has 1 fully saturated rings. The molecule has 0 spiro atoms. The molecule has 2 aromatic rings. The molecule has 6 heteroatoms. The van der Waals surface area contributed by atoms with Crippen LogP contribution in [0.1, 0.15) is 42.6 Å². The molecule has 0 saturated heterocycles. The van der Waals surface area contributed by atoms with Crippen LogP contribution in [0.4, 0.5) is 11.5 Å². The summed E-state index contributed by atoms with van der Waals surface area (Å²) in [6.07, 6.45) is 4.45. The van der Waals surface area contributed by atoms with Crippen LogP contribution in [-0.4, -0.2) is 15.7 Å². The molecule has 3 unspecified atom stereocenters. The van der Waals surface area contributed by atoms with Crippen LogP contribution in [0.15, 0.2) is 36.5 Å². The molecule has 0 bridgehead atoms. The highest BCUT2D eigenvalue weighted by molar-refractivity contribution is 5.98. The SMILES string of the molecule is CC1CCC(C#N)C(n2cc(C(N)=O)c(Nc3ccccc3)n2)C1. The Morgan fingerprint density at radius 1 is 1.38 bits per heavy atom. The molecule has 1 aliphatic rings. The number of nitrogens with one attached hydrogen (secondary N) is 1. The van der Waals surface area contributed by atoms with Crippen LogP contribution in [0.25, 0.3) is 0 Å². The maximum absolute atomic E-state index is 11.8. The zero-order valence-corrected chi connectivity index (χ0v) is 13.6. The van der Waals surface area contributed by atoms with Crippen molar-refractivity contribution in [2.75, 3.05) is 5.32 Å². The van der Waals surface area contributed by atoms with Crippen LogP contribution < -0.4 is 11.1 Å². The number of carbonyl (C=O) groups excluding carboxylic acids is 1. The first-order valence-corrected chi connectivity index (χ1v) is 8.19. The normalized spacial score (nSPS) is 23.4. The average molecular weight is 323 g/mol. The fraction of sp³-hybridized carbons (Fsp3) is 0.389. The molecule has 1 aliphatic carbocycles. The molecule has 124 valence electrons. The van der Waals surface area contributed by atoms with Gasteiger partial charge in [0.05, 0.1) is 18.0 Å². The number of primary amides is 1. The second-order valence-electron chi connectivity index (χ2n) is 6.45. The van der Waals surface area contributed by atoms with Gasteiger partial charge in [0.25, 0.3) is 5.91 Å². The van der Waals surface area contributed by atoms with E-state index in [0.717, 1.165) is 24.9 Å². The second kappa shape index (κ2) is 6.75. The topological polar surface area (TPSA) is 96.7 Å². The van der Waals surface area contributed by atoms with Crippen molar-refractivity contribution in [1.29, 1.82) is 5.26 Å². The zero-order chi connectivity index (χ0) is 17.1. The van der Waals surface area contributed by atoms with Gasteiger partial charge in [-0.1, -0.05) is 25.1 Å². The first-order chi connectivity index (χ1) is 11.6. The van der Waals surface area contributed by atoms with E-state index in [1.54, 1.807) is 10.9 Å². The molecular weight excluding hydrogens is 302 g/mol. The van der Waals surface area contributed by atoms with Crippen molar-refractivity contribution in [2.24, 2.45) is 17.6 Å². The standard InChI is InChI=1S/C18H21N5O/c1-12-7-8-13(10-19)16(9-12)23-11-15(17(20)24)18(22-23)21-14-5-3-2-4-6-14/h2-6,11-13,16H,7-9H2,1H3,(H2,20,24)(H,21,22). The van der Waals surface area contributed by atoms with Gasteiger partial charge >= 0.3 is 0 Å². The first kappa shape index (κ1) is 16.1. The van der Waals surface area contributed by atoms with Crippen molar-refractivity contribution in [3.05, 3.63) is 42.1 Å². The molecule has 1 heterocycles. The number of nitrogens with two attached hydrogens (primary N) is 1. The monoisotopic (exact) mass is 323 g/mol.